The molecule has 0 spiro atoms. The van der Waals surface area contributed by atoms with Crippen molar-refractivity contribution in [2.75, 3.05) is 13.1 Å². The van der Waals surface area contributed by atoms with Gasteiger partial charge in [0.25, 0.3) is 11.5 Å². The van der Waals surface area contributed by atoms with Gasteiger partial charge in [-0.2, -0.15) is 5.10 Å². The van der Waals surface area contributed by atoms with E-state index in [1.165, 1.54) is 16.9 Å². The number of nitrogens with zero attached hydrogens (tertiary/aromatic N) is 3. The van der Waals surface area contributed by atoms with Gasteiger partial charge in [0.15, 0.2) is 0 Å². The smallest absolute Gasteiger partial charge is 0.325 e. The first kappa shape index (κ1) is 16.0. The van der Waals surface area contributed by atoms with E-state index in [9.17, 15) is 14.4 Å². The minimum absolute atomic E-state index is 0.00680. The van der Waals surface area contributed by atoms with Crippen LogP contribution in [0.25, 0.3) is 0 Å². The lowest BCUT2D eigenvalue weighted by Gasteiger charge is -2.32. The van der Waals surface area contributed by atoms with Crippen LogP contribution in [0.2, 0.25) is 0 Å². The second-order valence-electron chi connectivity index (χ2n) is 5.81. The lowest BCUT2D eigenvalue weighted by Crippen LogP contribution is -2.41. The van der Waals surface area contributed by atoms with E-state index in [2.05, 4.69) is 10.1 Å². The SMILES string of the molecule is O=C(O)Cn1nccc1[C@@H]1CCCN(C(=O)c2ccc[nH]c2=O)C1. The number of carboxylic acid groups (broad SMARTS) is 1. The Labute approximate surface area is 137 Å². The summed E-state index contributed by atoms with van der Waals surface area (Å²) < 4.78 is 1.45. The molecule has 0 saturated carbocycles. The maximum absolute atomic E-state index is 12.6. The number of aromatic amines is 1. The normalized spacial score (nSPS) is 17.7. The number of aliphatic carboxylic acids is 1. The zero-order valence-electron chi connectivity index (χ0n) is 13.0. The van der Waals surface area contributed by atoms with Crippen LogP contribution in [0.4, 0.5) is 0 Å². The predicted molar refractivity (Wildman–Crippen MR) is 84.8 cm³/mol. The molecule has 24 heavy (non-hydrogen) atoms. The maximum Gasteiger partial charge on any atom is 0.325 e. The third kappa shape index (κ3) is 3.22. The number of carboxylic acids is 1. The molecule has 2 aromatic heterocycles. The van der Waals surface area contributed by atoms with Gasteiger partial charge in [0.2, 0.25) is 0 Å². The van der Waals surface area contributed by atoms with E-state index in [0.29, 0.717) is 13.1 Å². The van der Waals surface area contributed by atoms with Crippen LogP contribution in [0.15, 0.2) is 35.4 Å². The highest BCUT2D eigenvalue weighted by atomic mass is 16.4. The van der Waals surface area contributed by atoms with Crippen molar-refractivity contribution in [3.63, 3.8) is 0 Å². The molecule has 2 aromatic rings. The minimum Gasteiger partial charge on any atom is -0.480 e. The number of carbonyl (C=O) groups is 2. The number of H-pyrrole nitrogens is 1. The summed E-state index contributed by atoms with van der Waals surface area (Å²) in [5.74, 6) is -1.25. The van der Waals surface area contributed by atoms with Crippen LogP contribution in [0.5, 0.6) is 0 Å². The highest BCUT2D eigenvalue weighted by Crippen LogP contribution is 2.27. The van der Waals surface area contributed by atoms with Crippen LogP contribution in [0.1, 0.15) is 34.8 Å². The number of hydrogen-bond acceptors (Lipinski definition) is 4. The minimum atomic E-state index is -0.959. The monoisotopic (exact) mass is 330 g/mol. The van der Waals surface area contributed by atoms with Gasteiger partial charge in [0, 0.05) is 37.1 Å². The van der Waals surface area contributed by atoms with E-state index in [0.717, 1.165) is 18.5 Å². The third-order valence-corrected chi connectivity index (χ3v) is 4.21. The zero-order chi connectivity index (χ0) is 17.1. The molecule has 0 radical (unpaired) electrons. The molecule has 3 rings (SSSR count). The topological polar surface area (TPSA) is 108 Å². The molecule has 8 heteroatoms. The summed E-state index contributed by atoms with van der Waals surface area (Å²) in [7, 11) is 0. The van der Waals surface area contributed by atoms with Crippen LogP contribution in [-0.4, -0.2) is 49.7 Å². The molecule has 8 nitrogen and oxygen atoms in total. The summed E-state index contributed by atoms with van der Waals surface area (Å²) in [5, 5.41) is 13.0. The van der Waals surface area contributed by atoms with Gasteiger partial charge in [-0.15, -0.1) is 0 Å². The average Bonchev–Trinajstić information content (AvgIpc) is 3.02. The van der Waals surface area contributed by atoms with E-state index in [1.54, 1.807) is 23.2 Å². The fraction of sp³-hybridized carbons (Fsp3) is 0.375. The Morgan fingerprint density at radius 2 is 2.21 bits per heavy atom. The van der Waals surface area contributed by atoms with Crippen molar-refractivity contribution in [1.82, 2.24) is 19.7 Å². The van der Waals surface area contributed by atoms with Gasteiger partial charge in [0.1, 0.15) is 12.1 Å². The molecule has 126 valence electrons. The standard InChI is InChI=1S/C16H18N4O4/c21-14(22)10-20-13(5-7-18-20)11-3-2-8-19(9-11)16(24)12-4-1-6-17-15(12)23/h1,4-7,11H,2-3,8-10H2,(H,17,23)(H,21,22)/t11-/m1/s1. The number of aromatic nitrogens is 3. The van der Waals surface area contributed by atoms with Gasteiger partial charge in [-0.05, 0) is 31.0 Å². The Morgan fingerprint density at radius 3 is 2.96 bits per heavy atom. The molecule has 2 N–H and O–H groups in total. The molecule has 0 bridgehead atoms. The van der Waals surface area contributed by atoms with E-state index < -0.39 is 11.5 Å². The van der Waals surface area contributed by atoms with Crippen molar-refractivity contribution in [2.24, 2.45) is 0 Å². The summed E-state index contributed by atoms with van der Waals surface area (Å²) in [6, 6.07) is 4.92. The molecule has 3 heterocycles. The molecule has 0 aromatic carbocycles. The van der Waals surface area contributed by atoms with Crippen molar-refractivity contribution in [2.45, 2.75) is 25.3 Å². The van der Waals surface area contributed by atoms with Crippen LogP contribution in [0.3, 0.4) is 0 Å². The second-order valence-corrected chi connectivity index (χ2v) is 5.81. The first-order valence-corrected chi connectivity index (χ1v) is 7.76. The van der Waals surface area contributed by atoms with Crippen molar-refractivity contribution in [3.8, 4) is 0 Å². The molecule has 1 fully saturated rings. The molecule has 0 aliphatic carbocycles. The lowest BCUT2D eigenvalue weighted by atomic mass is 9.94. The lowest BCUT2D eigenvalue weighted by molar-refractivity contribution is -0.137. The van der Waals surface area contributed by atoms with E-state index in [-0.39, 0.29) is 23.9 Å². The van der Waals surface area contributed by atoms with Crippen LogP contribution in [-0.2, 0) is 11.3 Å². The number of nitrogens with one attached hydrogen (secondary N) is 1. The van der Waals surface area contributed by atoms with Crippen molar-refractivity contribution >= 4 is 11.9 Å². The molecular weight excluding hydrogens is 312 g/mol. The van der Waals surface area contributed by atoms with Gasteiger partial charge in [0.05, 0.1) is 0 Å². The third-order valence-electron chi connectivity index (χ3n) is 4.21. The van der Waals surface area contributed by atoms with Crippen LogP contribution in [0, 0.1) is 0 Å². The number of piperidine rings is 1. The maximum atomic E-state index is 12.6. The number of pyridine rings is 1. The quantitative estimate of drug-likeness (QED) is 0.857. The summed E-state index contributed by atoms with van der Waals surface area (Å²) in [5.41, 5.74) is 0.523. The summed E-state index contributed by atoms with van der Waals surface area (Å²) in [4.78, 5) is 39.5. The molecule has 0 unspecified atom stereocenters. The highest BCUT2D eigenvalue weighted by Gasteiger charge is 2.28. The Morgan fingerprint density at radius 1 is 1.38 bits per heavy atom. The average molecular weight is 330 g/mol. The first-order valence-electron chi connectivity index (χ1n) is 7.76. The molecule has 1 amide bonds. The first-order chi connectivity index (χ1) is 11.6. The molecule has 1 aliphatic heterocycles. The van der Waals surface area contributed by atoms with Gasteiger partial charge in [-0.1, -0.05) is 0 Å². The second kappa shape index (κ2) is 6.69. The number of hydrogen-bond donors (Lipinski definition) is 2. The van der Waals surface area contributed by atoms with E-state index in [4.69, 9.17) is 5.11 Å². The van der Waals surface area contributed by atoms with E-state index >= 15 is 0 Å². The summed E-state index contributed by atoms with van der Waals surface area (Å²) in [6.07, 6.45) is 4.70. The molecule has 1 atom stereocenters. The van der Waals surface area contributed by atoms with Crippen molar-refractivity contribution in [1.29, 1.82) is 0 Å². The summed E-state index contributed by atoms with van der Waals surface area (Å²) >= 11 is 0. The fourth-order valence-corrected chi connectivity index (χ4v) is 3.11. The highest BCUT2D eigenvalue weighted by molar-refractivity contribution is 5.93. The van der Waals surface area contributed by atoms with Gasteiger partial charge in [-0.3, -0.25) is 19.1 Å². The van der Waals surface area contributed by atoms with Gasteiger partial charge < -0.3 is 15.0 Å². The Hall–Kier alpha value is -2.90. The van der Waals surface area contributed by atoms with Crippen LogP contribution < -0.4 is 5.56 Å². The van der Waals surface area contributed by atoms with Gasteiger partial charge >= 0.3 is 5.97 Å². The largest absolute Gasteiger partial charge is 0.480 e. The molecule has 1 aliphatic rings. The Bertz CT molecular complexity index is 810. The van der Waals surface area contributed by atoms with Crippen LogP contribution >= 0.6 is 0 Å². The predicted octanol–water partition coefficient (Wildman–Crippen LogP) is 0.676. The van der Waals surface area contributed by atoms with Gasteiger partial charge in [-0.25, -0.2) is 0 Å². The molecular formula is C16H18N4O4. The van der Waals surface area contributed by atoms with Crippen molar-refractivity contribution in [3.05, 3.63) is 52.2 Å². The van der Waals surface area contributed by atoms with E-state index in [1.807, 2.05) is 0 Å². The summed E-state index contributed by atoms with van der Waals surface area (Å²) in [6.45, 7) is 0.820. The fourth-order valence-electron chi connectivity index (χ4n) is 3.11. The number of rotatable bonds is 4. The van der Waals surface area contributed by atoms with Crippen molar-refractivity contribution < 1.29 is 14.7 Å². The Kier molecular flexibility index (Phi) is 4.45. The molecule has 1 saturated heterocycles. The Balaban J connectivity index is 1.79. The number of carbonyl (C=O) groups excluding carboxylic acids is 1. The number of likely N-dealkylation sites (tertiary alicyclic amines) is 1. The number of amides is 1. The zero-order valence-corrected chi connectivity index (χ0v) is 13.0.